The molecule has 0 amide bonds. The molecule has 2 fully saturated rings. The fourth-order valence-corrected chi connectivity index (χ4v) is 4.09. The van der Waals surface area contributed by atoms with Crippen LogP contribution in [0.3, 0.4) is 0 Å². The highest BCUT2D eigenvalue weighted by molar-refractivity contribution is 5.88. The number of nitrogens with zero attached hydrogens (tertiary/aromatic N) is 7. The van der Waals surface area contributed by atoms with Crippen LogP contribution in [0.4, 0.5) is 14.7 Å². The van der Waals surface area contributed by atoms with Crippen molar-refractivity contribution in [3.05, 3.63) is 59.7 Å². The van der Waals surface area contributed by atoms with Crippen molar-refractivity contribution in [3.63, 3.8) is 0 Å². The van der Waals surface area contributed by atoms with Gasteiger partial charge in [0.25, 0.3) is 0 Å². The Labute approximate surface area is 208 Å². The number of fused-ring (bicyclic) bond motifs is 1. The van der Waals surface area contributed by atoms with Gasteiger partial charge < -0.3 is 9.64 Å². The number of rotatable bonds is 4. The molecule has 1 atom stereocenters. The molecule has 2 aliphatic rings. The van der Waals surface area contributed by atoms with Crippen LogP contribution in [0.25, 0.3) is 22.4 Å². The van der Waals surface area contributed by atoms with Gasteiger partial charge in [-0.05, 0) is 57.7 Å². The Kier molecular flexibility index (Phi) is 6.86. The van der Waals surface area contributed by atoms with Gasteiger partial charge in [0.15, 0.2) is 5.65 Å². The average molecular weight is 494 g/mol. The van der Waals surface area contributed by atoms with Crippen LogP contribution in [-0.2, 0) is 11.3 Å². The first-order valence-corrected chi connectivity index (χ1v) is 12.2. The van der Waals surface area contributed by atoms with Gasteiger partial charge in [0.1, 0.15) is 22.8 Å². The van der Waals surface area contributed by atoms with Crippen molar-refractivity contribution < 1.29 is 13.5 Å². The molecule has 36 heavy (non-hydrogen) atoms. The molecule has 0 spiro atoms. The molecular formula is C26H29F2N7O. The number of hydrogen-bond donors (Lipinski definition) is 0. The first-order valence-electron chi connectivity index (χ1n) is 12.2. The van der Waals surface area contributed by atoms with E-state index in [9.17, 15) is 8.78 Å². The zero-order valence-electron chi connectivity index (χ0n) is 20.7. The summed E-state index contributed by atoms with van der Waals surface area (Å²) in [6, 6.07) is 5.39. The predicted molar refractivity (Wildman–Crippen MR) is 133 cm³/mol. The minimum absolute atomic E-state index is 0.0369. The van der Waals surface area contributed by atoms with Crippen LogP contribution in [0.2, 0.25) is 0 Å². The van der Waals surface area contributed by atoms with Crippen LogP contribution in [0.15, 0.2) is 36.7 Å². The van der Waals surface area contributed by atoms with Crippen molar-refractivity contribution in [2.75, 3.05) is 24.6 Å². The number of benzene rings is 1. The minimum Gasteiger partial charge on any atom is -0.375 e. The van der Waals surface area contributed by atoms with Crippen molar-refractivity contribution in [2.45, 2.75) is 46.3 Å². The minimum atomic E-state index is -0.698. The van der Waals surface area contributed by atoms with E-state index in [1.54, 1.807) is 0 Å². The largest absolute Gasteiger partial charge is 0.375 e. The monoisotopic (exact) mass is 493 g/mol. The summed E-state index contributed by atoms with van der Waals surface area (Å²) in [6.07, 6.45) is 6.70. The summed E-state index contributed by atoms with van der Waals surface area (Å²) < 4.78 is 35.5. The lowest BCUT2D eigenvalue weighted by Crippen LogP contribution is -2.42. The SMILES string of the molecule is Cc1nc2nc(N3CCOC(C)C3)nc(-c3ccc(F)cc3F)c2nc1C.c1cnn(CC2CC2)c1. The smallest absolute Gasteiger partial charge is 0.228 e. The van der Waals surface area contributed by atoms with Crippen molar-refractivity contribution in [1.82, 2.24) is 29.7 Å². The molecule has 4 heterocycles. The maximum atomic E-state index is 14.5. The van der Waals surface area contributed by atoms with E-state index >= 15 is 0 Å². The highest BCUT2D eigenvalue weighted by atomic mass is 19.1. The molecule has 3 aromatic heterocycles. The fraction of sp³-hybridized carbons (Fsp3) is 0.423. The Balaban J connectivity index is 0.000000247. The number of aromatic nitrogens is 6. The molecule has 1 aliphatic heterocycles. The Bertz CT molecular complexity index is 1360. The average Bonchev–Trinajstić information content (AvgIpc) is 3.51. The quantitative estimate of drug-likeness (QED) is 0.414. The van der Waals surface area contributed by atoms with E-state index in [1.165, 1.54) is 25.0 Å². The zero-order valence-corrected chi connectivity index (χ0v) is 20.7. The van der Waals surface area contributed by atoms with Gasteiger partial charge in [-0.25, -0.2) is 23.7 Å². The molecule has 188 valence electrons. The summed E-state index contributed by atoms with van der Waals surface area (Å²) in [7, 11) is 0. The van der Waals surface area contributed by atoms with Gasteiger partial charge >= 0.3 is 0 Å². The molecule has 1 aromatic carbocycles. The summed E-state index contributed by atoms with van der Waals surface area (Å²) in [5, 5.41) is 4.11. The zero-order chi connectivity index (χ0) is 25.2. The maximum Gasteiger partial charge on any atom is 0.228 e. The second-order valence-corrected chi connectivity index (χ2v) is 9.36. The molecule has 8 nitrogen and oxygen atoms in total. The Morgan fingerprint density at radius 1 is 1.06 bits per heavy atom. The topological polar surface area (TPSA) is 81.8 Å². The molecule has 0 radical (unpaired) electrons. The summed E-state index contributed by atoms with van der Waals surface area (Å²) in [5.41, 5.74) is 2.72. The summed E-state index contributed by atoms with van der Waals surface area (Å²) in [6.45, 7) is 8.58. The van der Waals surface area contributed by atoms with Gasteiger partial charge in [-0.3, -0.25) is 4.68 Å². The van der Waals surface area contributed by atoms with Gasteiger partial charge in [-0.2, -0.15) is 10.1 Å². The Morgan fingerprint density at radius 2 is 1.86 bits per heavy atom. The van der Waals surface area contributed by atoms with E-state index in [0.717, 1.165) is 24.2 Å². The Hall–Kier alpha value is -3.53. The molecule has 1 unspecified atom stereocenters. The third-order valence-electron chi connectivity index (χ3n) is 6.34. The standard InChI is InChI=1S/C19H19F2N5O.C7H10N2/c1-10-9-26(6-7-27-10)19-24-16(14-5-4-13(20)8-15(14)21)17-18(25-19)23-12(3)11(2)22-17;1-4-8-9(5-1)6-7-2-3-7/h4-5,8,10H,6-7,9H2,1-3H3;1,4-5,7H,2-3,6H2. The third-order valence-corrected chi connectivity index (χ3v) is 6.34. The molecule has 4 aromatic rings. The second-order valence-electron chi connectivity index (χ2n) is 9.36. The first kappa shape index (κ1) is 24.2. The molecule has 10 heteroatoms. The second kappa shape index (κ2) is 10.2. The van der Waals surface area contributed by atoms with Gasteiger partial charge in [0, 0.05) is 43.7 Å². The molecule has 0 N–H and O–H groups in total. The van der Waals surface area contributed by atoms with E-state index in [2.05, 4.69) is 25.0 Å². The van der Waals surface area contributed by atoms with Crippen molar-refractivity contribution in [3.8, 4) is 11.3 Å². The van der Waals surface area contributed by atoms with Crippen LogP contribution in [0.1, 0.15) is 31.2 Å². The number of hydrogen-bond acceptors (Lipinski definition) is 7. The van der Waals surface area contributed by atoms with Crippen molar-refractivity contribution in [1.29, 1.82) is 0 Å². The number of ether oxygens (including phenoxy) is 1. The summed E-state index contributed by atoms with van der Waals surface area (Å²) in [4.78, 5) is 20.2. The Morgan fingerprint density at radius 3 is 2.56 bits per heavy atom. The van der Waals surface area contributed by atoms with Crippen LogP contribution in [-0.4, -0.2) is 55.5 Å². The van der Waals surface area contributed by atoms with Gasteiger partial charge in [0.2, 0.25) is 5.95 Å². The molecule has 1 saturated carbocycles. The number of aryl methyl sites for hydroxylation is 2. The summed E-state index contributed by atoms with van der Waals surface area (Å²) >= 11 is 0. The highest BCUT2D eigenvalue weighted by Gasteiger charge is 2.23. The lowest BCUT2D eigenvalue weighted by atomic mass is 10.1. The lowest BCUT2D eigenvalue weighted by molar-refractivity contribution is 0.0526. The normalized spacial score (nSPS) is 17.7. The molecule has 1 aliphatic carbocycles. The van der Waals surface area contributed by atoms with Crippen LogP contribution in [0.5, 0.6) is 0 Å². The first-order chi connectivity index (χ1) is 17.4. The third kappa shape index (κ3) is 5.48. The van der Waals surface area contributed by atoms with Crippen molar-refractivity contribution >= 4 is 17.1 Å². The predicted octanol–water partition coefficient (Wildman–Crippen LogP) is 4.50. The van der Waals surface area contributed by atoms with E-state index in [1.807, 2.05) is 48.8 Å². The van der Waals surface area contributed by atoms with E-state index in [0.29, 0.717) is 48.2 Å². The summed E-state index contributed by atoms with van der Waals surface area (Å²) in [5.74, 6) is 0.0325. The van der Waals surface area contributed by atoms with Crippen molar-refractivity contribution in [2.24, 2.45) is 5.92 Å². The fourth-order valence-electron chi connectivity index (χ4n) is 4.09. The van der Waals surface area contributed by atoms with Crippen LogP contribution in [0, 0.1) is 31.4 Å². The number of morpholine rings is 1. The van der Waals surface area contributed by atoms with Crippen LogP contribution < -0.4 is 4.90 Å². The van der Waals surface area contributed by atoms with Gasteiger partial charge in [-0.1, -0.05) is 0 Å². The van der Waals surface area contributed by atoms with Gasteiger partial charge in [-0.15, -0.1) is 0 Å². The molecule has 1 saturated heterocycles. The molecular weight excluding hydrogens is 464 g/mol. The number of anilines is 1. The van der Waals surface area contributed by atoms with Gasteiger partial charge in [0.05, 0.1) is 24.1 Å². The molecule has 0 bridgehead atoms. The van der Waals surface area contributed by atoms with E-state index in [-0.39, 0.29) is 11.7 Å². The van der Waals surface area contributed by atoms with E-state index < -0.39 is 11.6 Å². The van der Waals surface area contributed by atoms with E-state index in [4.69, 9.17) is 4.74 Å². The number of halogens is 2. The highest BCUT2D eigenvalue weighted by Crippen LogP contribution is 2.31. The van der Waals surface area contributed by atoms with Crippen LogP contribution >= 0.6 is 0 Å². The lowest BCUT2D eigenvalue weighted by Gasteiger charge is -2.31. The maximum absolute atomic E-state index is 14.5. The molecule has 6 rings (SSSR count).